The first-order chi connectivity index (χ1) is 16.3. The number of rotatable bonds is 6. The molecule has 3 aromatic heterocycles. The Balaban J connectivity index is 1.43. The molecular formula is C22H18N6O3S3. The molecule has 0 bridgehead atoms. The van der Waals surface area contributed by atoms with E-state index < -0.39 is 10.0 Å². The standard InChI is InChI=1S/C22H18N6O3S3/c1-12-17(18(28-31-12)13-5-3-2-4-6-13)16-11-32-21(26-16)19-20(23)27-22(33-19)25-14-7-9-15(10-8-14)34(24,29)30/h2-11H,23H2,1H3,(H,25,27)(H2,24,29,30). The zero-order valence-electron chi connectivity index (χ0n) is 17.7. The highest BCUT2D eigenvalue weighted by Gasteiger charge is 2.21. The fourth-order valence-electron chi connectivity index (χ4n) is 3.35. The molecule has 34 heavy (non-hydrogen) atoms. The second-order valence-corrected chi connectivity index (χ2v) is 10.7. The lowest BCUT2D eigenvalue weighted by molar-refractivity contribution is 0.400. The summed E-state index contributed by atoms with van der Waals surface area (Å²) >= 11 is 2.80. The average molecular weight is 511 g/mol. The minimum absolute atomic E-state index is 0.0339. The highest BCUT2D eigenvalue weighted by atomic mass is 32.2. The summed E-state index contributed by atoms with van der Waals surface area (Å²) in [5.74, 6) is 1.03. The number of aromatic nitrogens is 3. The van der Waals surface area contributed by atoms with Gasteiger partial charge in [0.2, 0.25) is 10.0 Å². The highest BCUT2D eigenvalue weighted by Crippen LogP contribution is 2.41. The van der Waals surface area contributed by atoms with Crippen LogP contribution in [0.25, 0.3) is 32.4 Å². The normalized spacial score (nSPS) is 11.6. The van der Waals surface area contributed by atoms with Crippen molar-refractivity contribution in [1.29, 1.82) is 0 Å². The topological polar surface area (TPSA) is 150 Å². The third kappa shape index (κ3) is 4.31. The molecule has 0 aliphatic carbocycles. The van der Waals surface area contributed by atoms with Crippen LogP contribution < -0.4 is 16.2 Å². The SMILES string of the molecule is Cc1onc(-c2ccccc2)c1-c1csc(-c2sc(Nc3ccc(S(N)(=O)=O)cc3)nc2N)n1. The molecule has 0 unspecified atom stereocenters. The van der Waals surface area contributed by atoms with E-state index in [0.29, 0.717) is 22.4 Å². The van der Waals surface area contributed by atoms with Gasteiger partial charge in [-0.2, -0.15) is 0 Å². The molecule has 0 amide bonds. The van der Waals surface area contributed by atoms with E-state index in [9.17, 15) is 8.42 Å². The van der Waals surface area contributed by atoms with Gasteiger partial charge in [-0.25, -0.2) is 23.5 Å². The molecule has 2 aromatic carbocycles. The maximum absolute atomic E-state index is 11.4. The molecule has 0 atom stereocenters. The van der Waals surface area contributed by atoms with Gasteiger partial charge >= 0.3 is 0 Å². The van der Waals surface area contributed by atoms with Crippen LogP contribution in [0, 0.1) is 6.92 Å². The number of hydrogen-bond acceptors (Lipinski definition) is 10. The van der Waals surface area contributed by atoms with Crippen LogP contribution in [-0.2, 0) is 10.0 Å². The van der Waals surface area contributed by atoms with E-state index in [0.717, 1.165) is 32.4 Å². The number of sulfonamides is 1. The summed E-state index contributed by atoms with van der Waals surface area (Å²) in [5, 5.41) is 15.7. The van der Waals surface area contributed by atoms with Crippen molar-refractivity contribution in [2.45, 2.75) is 11.8 Å². The van der Waals surface area contributed by atoms with Gasteiger partial charge in [-0.1, -0.05) is 46.8 Å². The van der Waals surface area contributed by atoms with E-state index in [1.165, 1.54) is 34.8 Å². The lowest BCUT2D eigenvalue weighted by Crippen LogP contribution is -2.11. The zero-order valence-corrected chi connectivity index (χ0v) is 20.2. The van der Waals surface area contributed by atoms with Gasteiger partial charge in [-0.05, 0) is 31.2 Å². The number of aryl methyl sites for hydroxylation is 1. The van der Waals surface area contributed by atoms with Crippen molar-refractivity contribution in [2.75, 3.05) is 11.1 Å². The number of nitrogens with zero attached hydrogens (tertiary/aromatic N) is 3. The molecule has 9 nitrogen and oxygen atoms in total. The van der Waals surface area contributed by atoms with Crippen LogP contribution >= 0.6 is 22.7 Å². The number of nitrogen functional groups attached to an aromatic ring is 1. The number of hydrogen-bond donors (Lipinski definition) is 3. The van der Waals surface area contributed by atoms with Gasteiger partial charge < -0.3 is 15.6 Å². The maximum atomic E-state index is 11.4. The Morgan fingerprint density at radius 1 is 1.03 bits per heavy atom. The number of anilines is 3. The lowest BCUT2D eigenvalue weighted by atomic mass is 10.0. The first-order valence-electron chi connectivity index (χ1n) is 9.94. The summed E-state index contributed by atoms with van der Waals surface area (Å²) in [6.07, 6.45) is 0. The Morgan fingerprint density at radius 2 is 1.76 bits per heavy atom. The predicted molar refractivity (Wildman–Crippen MR) is 134 cm³/mol. The number of nitrogens with two attached hydrogens (primary N) is 2. The summed E-state index contributed by atoms with van der Waals surface area (Å²) in [4.78, 5) is 9.94. The van der Waals surface area contributed by atoms with E-state index >= 15 is 0 Å². The number of primary sulfonamides is 1. The van der Waals surface area contributed by atoms with Crippen LogP contribution in [0.1, 0.15) is 5.76 Å². The summed E-state index contributed by atoms with van der Waals surface area (Å²) in [6, 6.07) is 15.9. The van der Waals surface area contributed by atoms with Crippen molar-refractivity contribution in [3.05, 3.63) is 65.7 Å². The minimum atomic E-state index is -3.75. The second kappa shape index (κ2) is 8.65. The number of thiazole rings is 2. The third-order valence-corrected chi connectivity index (χ3v) is 7.86. The minimum Gasteiger partial charge on any atom is -0.382 e. The van der Waals surface area contributed by atoms with Crippen molar-refractivity contribution in [3.8, 4) is 32.4 Å². The van der Waals surface area contributed by atoms with Gasteiger partial charge in [0.15, 0.2) is 5.13 Å². The van der Waals surface area contributed by atoms with E-state index in [2.05, 4.69) is 15.5 Å². The fraction of sp³-hybridized carbons (Fsp3) is 0.0455. The van der Waals surface area contributed by atoms with Gasteiger partial charge in [0.1, 0.15) is 27.2 Å². The lowest BCUT2D eigenvalue weighted by Gasteiger charge is -2.03. The molecule has 0 saturated carbocycles. The van der Waals surface area contributed by atoms with Gasteiger partial charge in [0.05, 0.1) is 16.2 Å². The Morgan fingerprint density at radius 3 is 2.47 bits per heavy atom. The molecule has 172 valence electrons. The molecule has 3 heterocycles. The van der Waals surface area contributed by atoms with Crippen LogP contribution in [0.3, 0.4) is 0 Å². The second-order valence-electron chi connectivity index (χ2n) is 7.29. The summed E-state index contributed by atoms with van der Waals surface area (Å²) in [6.45, 7) is 1.86. The molecule has 0 spiro atoms. The van der Waals surface area contributed by atoms with Crippen LogP contribution in [0.15, 0.2) is 69.4 Å². The van der Waals surface area contributed by atoms with Gasteiger partial charge in [-0.3, -0.25) is 0 Å². The molecule has 0 aliphatic heterocycles. The Labute approximate surface area is 203 Å². The smallest absolute Gasteiger partial charge is 0.238 e. The summed E-state index contributed by atoms with van der Waals surface area (Å²) in [7, 11) is -3.75. The maximum Gasteiger partial charge on any atom is 0.238 e. The van der Waals surface area contributed by atoms with Crippen molar-refractivity contribution in [3.63, 3.8) is 0 Å². The molecule has 5 aromatic rings. The van der Waals surface area contributed by atoms with Crippen LogP contribution in [0.2, 0.25) is 0 Å². The number of benzene rings is 2. The van der Waals surface area contributed by atoms with E-state index in [-0.39, 0.29) is 4.90 Å². The summed E-state index contributed by atoms with van der Waals surface area (Å²) in [5.41, 5.74) is 10.1. The zero-order chi connectivity index (χ0) is 23.9. The largest absolute Gasteiger partial charge is 0.382 e. The summed E-state index contributed by atoms with van der Waals surface area (Å²) < 4.78 is 28.3. The van der Waals surface area contributed by atoms with Crippen molar-refractivity contribution < 1.29 is 12.9 Å². The molecule has 12 heteroatoms. The van der Waals surface area contributed by atoms with E-state index in [1.807, 2.05) is 42.6 Å². The molecule has 0 saturated heterocycles. The van der Waals surface area contributed by atoms with Crippen LogP contribution in [-0.4, -0.2) is 23.5 Å². The van der Waals surface area contributed by atoms with Crippen molar-refractivity contribution in [1.82, 2.24) is 15.1 Å². The number of nitrogens with one attached hydrogen (secondary N) is 1. The first-order valence-corrected chi connectivity index (χ1v) is 13.2. The molecular weight excluding hydrogens is 492 g/mol. The van der Waals surface area contributed by atoms with Crippen LogP contribution in [0.5, 0.6) is 0 Å². The average Bonchev–Trinajstić information content (AvgIpc) is 3.52. The Hall–Kier alpha value is -3.58. The molecule has 5 rings (SSSR count). The Kier molecular flexibility index (Phi) is 5.65. The van der Waals surface area contributed by atoms with E-state index in [1.54, 1.807) is 12.1 Å². The highest BCUT2D eigenvalue weighted by molar-refractivity contribution is 7.89. The van der Waals surface area contributed by atoms with Gasteiger partial charge in [-0.15, -0.1) is 11.3 Å². The van der Waals surface area contributed by atoms with Crippen LogP contribution in [0.4, 0.5) is 16.6 Å². The molecule has 0 radical (unpaired) electrons. The van der Waals surface area contributed by atoms with Crippen molar-refractivity contribution in [2.24, 2.45) is 5.14 Å². The Bertz CT molecular complexity index is 1570. The van der Waals surface area contributed by atoms with Gasteiger partial charge in [0.25, 0.3) is 0 Å². The van der Waals surface area contributed by atoms with Crippen molar-refractivity contribution >= 4 is 49.3 Å². The fourth-order valence-corrected chi connectivity index (χ4v) is 5.68. The molecule has 0 fully saturated rings. The monoisotopic (exact) mass is 510 g/mol. The molecule has 0 aliphatic rings. The first kappa shape index (κ1) is 22.2. The van der Waals surface area contributed by atoms with Gasteiger partial charge in [0, 0.05) is 16.6 Å². The van der Waals surface area contributed by atoms with E-state index in [4.69, 9.17) is 20.4 Å². The predicted octanol–water partition coefficient (Wildman–Crippen LogP) is 4.87. The quantitative estimate of drug-likeness (QED) is 0.293. The third-order valence-electron chi connectivity index (χ3n) is 4.95. The molecule has 5 N–H and O–H groups in total.